The topological polar surface area (TPSA) is 4.93 Å². The number of nitrogens with zero attached hydrogens (tertiary/aromatic N) is 1. The minimum absolute atomic E-state index is 0.0319. The minimum Gasteiger partial charge on any atom is -0.340 e. The van der Waals surface area contributed by atoms with Gasteiger partial charge in [-0.25, -0.2) is 0 Å². The fraction of sp³-hybridized carbons (Fsp3) is 0.351. The van der Waals surface area contributed by atoms with Crippen molar-refractivity contribution >= 4 is 37.7 Å². The van der Waals surface area contributed by atoms with Gasteiger partial charge < -0.3 is 4.57 Å². The van der Waals surface area contributed by atoms with Crippen LogP contribution in [0.25, 0.3) is 44.1 Å². The predicted octanol–water partition coefficient (Wildman–Crippen LogP) is 11.2. The monoisotopic (exact) mass is 577 g/mol. The van der Waals surface area contributed by atoms with E-state index in [2.05, 4.69) is 141 Å². The summed E-state index contributed by atoms with van der Waals surface area (Å²) in [5, 5.41) is 2.70. The molecule has 1 nitrogen and oxygen atoms in total. The lowest BCUT2D eigenvalue weighted by molar-refractivity contribution is 0.337. The van der Waals surface area contributed by atoms with E-state index in [1.54, 1.807) is 0 Å². The van der Waals surface area contributed by atoms with Crippen LogP contribution in [0.15, 0.2) is 83.3 Å². The van der Waals surface area contributed by atoms with Crippen molar-refractivity contribution in [3.8, 4) is 22.3 Å². The third-order valence-electron chi connectivity index (χ3n) is 8.49. The van der Waals surface area contributed by atoms with Crippen molar-refractivity contribution in [2.24, 2.45) is 17.8 Å². The molecule has 6 rings (SSSR count). The van der Waals surface area contributed by atoms with Crippen LogP contribution in [-0.4, -0.2) is 4.57 Å². The molecule has 0 N–H and O–H groups in total. The van der Waals surface area contributed by atoms with Crippen molar-refractivity contribution in [3.05, 3.63) is 94.5 Å². The Morgan fingerprint density at radius 1 is 0.615 bits per heavy atom. The molecule has 1 aliphatic rings. The van der Waals surface area contributed by atoms with E-state index in [-0.39, 0.29) is 5.41 Å². The van der Waals surface area contributed by atoms with Crippen LogP contribution in [0.5, 0.6) is 0 Å². The van der Waals surface area contributed by atoms with Gasteiger partial charge in [0.2, 0.25) is 0 Å². The van der Waals surface area contributed by atoms with Crippen LogP contribution in [0.4, 0.5) is 0 Å². The lowest BCUT2D eigenvalue weighted by Crippen LogP contribution is -2.29. The van der Waals surface area contributed by atoms with Crippen LogP contribution >= 0.6 is 15.9 Å². The number of benzene rings is 4. The molecular weight excluding hydrogens is 538 g/mol. The fourth-order valence-corrected chi connectivity index (χ4v) is 7.72. The van der Waals surface area contributed by atoms with Gasteiger partial charge in [0.25, 0.3) is 0 Å². The molecule has 0 spiro atoms. The Hall–Kier alpha value is -2.84. The number of hydrogen-bond donors (Lipinski definition) is 0. The van der Waals surface area contributed by atoms with E-state index in [1.165, 1.54) is 59.7 Å². The first-order chi connectivity index (χ1) is 18.7. The van der Waals surface area contributed by atoms with Gasteiger partial charge >= 0.3 is 0 Å². The minimum atomic E-state index is 0.0319. The number of aromatic nitrogens is 1. The van der Waals surface area contributed by atoms with Crippen molar-refractivity contribution in [1.29, 1.82) is 0 Å². The lowest BCUT2D eigenvalue weighted by atomic mass is 9.67. The zero-order valence-corrected chi connectivity index (χ0v) is 25.8. The molecule has 0 fully saturated rings. The summed E-state index contributed by atoms with van der Waals surface area (Å²) in [7, 11) is 0. The fourth-order valence-electron chi connectivity index (χ4n) is 7.36. The van der Waals surface area contributed by atoms with E-state index >= 15 is 0 Å². The number of hydrogen-bond acceptors (Lipinski definition) is 0. The highest BCUT2D eigenvalue weighted by atomic mass is 79.9. The Balaban J connectivity index is 1.55. The van der Waals surface area contributed by atoms with E-state index in [9.17, 15) is 0 Å². The summed E-state index contributed by atoms with van der Waals surface area (Å²) in [6.07, 6.45) is 2.32. The van der Waals surface area contributed by atoms with Gasteiger partial charge in [-0.1, -0.05) is 99.9 Å². The van der Waals surface area contributed by atoms with E-state index in [4.69, 9.17) is 0 Å². The van der Waals surface area contributed by atoms with E-state index in [0.717, 1.165) is 19.4 Å². The van der Waals surface area contributed by atoms with Crippen molar-refractivity contribution in [3.63, 3.8) is 0 Å². The van der Waals surface area contributed by atoms with Gasteiger partial charge in [-0.05, 0) is 100 Å². The normalized spacial score (nSPS) is 14.2. The number of para-hydroxylation sites is 1. The number of rotatable bonds is 7. The van der Waals surface area contributed by atoms with Crippen LogP contribution in [0.3, 0.4) is 0 Å². The highest BCUT2D eigenvalue weighted by Crippen LogP contribution is 2.56. The van der Waals surface area contributed by atoms with E-state index in [1.807, 2.05) is 0 Å². The van der Waals surface area contributed by atoms with E-state index < -0.39 is 0 Å². The first-order valence-corrected chi connectivity index (χ1v) is 15.4. The molecule has 4 aromatic carbocycles. The van der Waals surface area contributed by atoms with Gasteiger partial charge in [-0.3, -0.25) is 0 Å². The zero-order chi connectivity index (χ0) is 27.5. The predicted molar refractivity (Wildman–Crippen MR) is 173 cm³/mol. The first-order valence-electron chi connectivity index (χ1n) is 14.6. The summed E-state index contributed by atoms with van der Waals surface area (Å²) in [5.41, 5.74) is 11.2. The molecule has 200 valence electrons. The summed E-state index contributed by atoms with van der Waals surface area (Å²) in [4.78, 5) is 0. The molecule has 1 heterocycles. The third kappa shape index (κ3) is 4.45. The molecular formula is C37H40BrN. The molecule has 0 atom stereocenters. The van der Waals surface area contributed by atoms with E-state index in [0.29, 0.717) is 17.8 Å². The van der Waals surface area contributed by atoms with Crippen molar-refractivity contribution in [1.82, 2.24) is 4.57 Å². The average Bonchev–Trinajstić information content (AvgIpc) is 3.32. The van der Waals surface area contributed by atoms with Crippen molar-refractivity contribution < 1.29 is 0 Å². The summed E-state index contributed by atoms with van der Waals surface area (Å²) >= 11 is 3.80. The zero-order valence-electron chi connectivity index (χ0n) is 24.2. The highest BCUT2D eigenvalue weighted by Gasteiger charge is 2.44. The Morgan fingerprint density at radius 2 is 1.21 bits per heavy atom. The maximum atomic E-state index is 3.80. The van der Waals surface area contributed by atoms with Crippen LogP contribution in [0.2, 0.25) is 0 Å². The van der Waals surface area contributed by atoms with Crippen molar-refractivity contribution in [2.75, 3.05) is 0 Å². The lowest BCUT2D eigenvalue weighted by Gasteiger charge is -2.36. The molecule has 0 saturated heterocycles. The molecule has 1 aliphatic carbocycles. The summed E-state index contributed by atoms with van der Waals surface area (Å²) in [6.45, 7) is 15.1. The molecule has 5 aromatic rings. The molecule has 0 radical (unpaired) electrons. The molecule has 0 bridgehead atoms. The first kappa shape index (κ1) is 26.4. The van der Waals surface area contributed by atoms with Crippen molar-refractivity contribution in [2.45, 2.75) is 66.3 Å². The summed E-state index contributed by atoms with van der Waals surface area (Å²) in [6, 6.07) is 30.2. The van der Waals surface area contributed by atoms with Crippen LogP contribution in [-0.2, 0) is 12.0 Å². The van der Waals surface area contributed by atoms with Gasteiger partial charge in [0.05, 0.1) is 0 Å². The van der Waals surface area contributed by atoms with Crippen LogP contribution in [0, 0.1) is 17.8 Å². The standard InChI is InChI=1S/C37H40BrN/c1-23(2)20-37(21-24(3)4)33-18-27(11-14-29(33)30-15-13-28(38)19-34(30)37)26-12-16-36-32(17-26)31-9-7-8-10-35(31)39(36)22-25(5)6/h7-19,23-25H,20-22H2,1-6H3. The highest BCUT2D eigenvalue weighted by molar-refractivity contribution is 9.10. The smallest absolute Gasteiger partial charge is 0.0491 e. The second-order valence-corrected chi connectivity index (χ2v) is 13.9. The summed E-state index contributed by atoms with van der Waals surface area (Å²) < 4.78 is 3.68. The molecule has 0 unspecified atom stereocenters. The molecule has 0 aliphatic heterocycles. The van der Waals surface area contributed by atoms with Gasteiger partial charge in [0.1, 0.15) is 0 Å². The number of fused-ring (bicyclic) bond motifs is 6. The second-order valence-electron chi connectivity index (χ2n) is 13.0. The molecule has 0 amide bonds. The number of halogens is 1. The Kier molecular flexibility index (Phi) is 6.74. The van der Waals surface area contributed by atoms with Crippen LogP contribution < -0.4 is 0 Å². The molecule has 1 aromatic heterocycles. The quantitative estimate of drug-likeness (QED) is 0.181. The maximum absolute atomic E-state index is 3.80. The Labute approximate surface area is 242 Å². The SMILES string of the molecule is CC(C)Cn1c2ccccc2c2cc(-c3ccc4c(c3)C(CC(C)C)(CC(C)C)c3cc(Br)ccc3-4)ccc21. The maximum Gasteiger partial charge on any atom is 0.0491 e. The molecule has 39 heavy (non-hydrogen) atoms. The molecule has 0 saturated carbocycles. The third-order valence-corrected chi connectivity index (χ3v) is 8.98. The largest absolute Gasteiger partial charge is 0.340 e. The van der Waals surface area contributed by atoms with Gasteiger partial charge in [-0.2, -0.15) is 0 Å². The Morgan fingerprint density at radius 3 is 1.90 bits per heavy atom. The summed E-state index contributed by atoms with van der Waals surface area (Å²) in [5.74, 6) is 1.80. The molecule has 2 heteroatoms. The van der Waals surface area contributed by atoms with Gasteiger partial charge in [-0.15, -0.1) is 0 Å². The van der Waals surface area contributed by atoms with Crippen LogP contribution in [0.1, 0.15) is 65.5 Å². The average molecular weight is 579 g/mol. The Bertz CT molecular complexity index is 1670. The van der Waals surface area contributed by atoms with Gasteiger partial charge in [0.15, 0.2) is 0 Å². The van der Waals surface area contributed by atoms with Gasteiger partial charge in [0, 0.05) is 38.2 Å². The second kappa shape index (κ2) is 9.97.